The smallest absolute Gasteiger partial charge is 0.0386 e. The number of hydrogen-bond donors (Lipinski definition) is 0. The molecule has 1 saturated carbocycles. The highest BCUT2D eigenvalue weighted by atomic mass is 14.4. The van der Waals surface area contributed by atoms with E-state index >= 15 is 0 Å². The molecule has 0 aromatic carbocycles. The first-order valence-corrected chi connectivity index (χ1v) is 5.84. The van der Waals surface area contributed by atoms with Crippen molar-refractivity contribution in [3.63, 3.8) is 0 Å². The Labute approximate surface area is 77.7 Å². The van der Waals surface area contributed by atoms with Crippen LogP contribution in [0.3, 0.4) is 0 Å². The Morgan fingerprint density at radius 1 is 1.00 bits per heavy atom. The molecule has 1 fully saturated rings. The average Bonchev–Trinajstić information content (AvgIpc) is 2.74. The Balaban J connectivity index is 1.72. The molecule has 0 bridgehead atoms. The van der Waals surface area contributed by atoms with E-state index in [0.717, 1.165) is 11.8 Å². The summed E-state index contributed by atoms with van der Waals surface area (Å²) in [5, 5.41) is 0. The van der Waals surface area contributed by atoms with Gasteiger partial charge in [0.25, 0.3) is 0 Å². The van der Waals surface area contributed by atoms with Crippen LogP contribution < -0.4 is 0 Å². The average molecular weight is 168 g/mol. The van der Waals surface area contributed by atoms with E-state index in [1.165, 1.54) is 51.4 Å². The van der Waals surface area contributed by atoms with Gasteiger partial charge in [-0.25, -0.2) is 0 Å². The van der Waals surface area contributed by atoms with Gasteiger partial charge in [0.15, 0.2) is 0 Å². The lowest BCUT2D eigenvalue weighted by atomic mass is 10.1. The van der Waals surface area contributed by atoms with Crippen LogP contribution >= 0.6 is 0 Å². The Morgan fingerprint density at radius 3 is 2.17 bits per heavy atom. The van der Waals surface area contributed by atoms with Crippen molar-refractivity contribution in [3.05, 3.63) is 0 Å². The summed E-state index contributed by atoms with van der Waals surface area (Å²) in [5.74, 6) is 2.19. The summed E-state index contributed by atoms with van der Waals surface area (Å²) >= 11 is 0. The van der Waals surface area contributed by atoms with E-state index in [2.05, 4.69) is 13.8 Å². The van der Waals surface area contributed by atoms with Gasteiger partial charge in [0.1, 0.15) is 0 Å². The van der Waals surface area contributed by atoms with E-state index in [1.54, 1.807) is 0 Å². The molecule has 72 valence electrons. The summed E-state index contributed by atoms with van der Waals surface area (Å²) < 4.78 is 0. The maximum Gasteiger partial charge on any atom is -0.0386 e. The summed E-state index contributed by atoms with van der Waals surface area (Å²) in [5.41, 5.74) is 0. The monoisotopic (exact) mass is 168 g/mol. The van der Waals surface area contributed by atoms with Gasteiger partial charge >= 0.3 is 0 Å². The van der Waals surface area contributed by atoms with Crippen LogP contribution in [0.5, 0.6) is 0 Å². The molecule has 0 aliphatic heterocycles. The van der Waals surface area contributed by atoms with Crippen molar-refractivity contribution >= 4 is 0 Å². The number of rotatable bonds is 7. The van der Waals surface area contributed by atoms with Crippen LogP contribution in [0.1, 0.15) is 65.2 Å². The van der Waals surface area contributed by atoms with E-state index in [1.807, 2.05) is 0 Å². The molecule has 0 heteroatoms. The fourth-order valence-electron chi connectivity index (χ4n) is 1.99. The molecule has 1 rings (SSSR count). The normalized spacial score (nSPS) is 27.5. The molecule has 0 amide bonds. The fraction of sp³-hybridized carbons (Fsp3) is 1.00. The van der Waals surface area contributed by atoms with E-state index in [-0.39, 0.29) is 0 Å². The molecule has 12 heavy (non-hydrogen) atoms. The third-order valence-electron chi connectivity index (χ3n) is 3.20. The standard InChI is InChI=1S/C12H24/c1-3-4-5-6-7-8-9-12-10-11(12)2/h11-12H,3-10H2,1-2H3/t11-,12+/m1/s1. The van der Waals surface area contributed by atoms with Gasteiger partial charge in [-0.2, -0.15) is 0 Å². The third kappa shape index (κ3) is 4.13. The van der Waals surface area contributed by atoms with Gasteiger partial charge < -0.3 is 0 Å². The molecule has 0 spiro atoms. The second-order valence-corrected chi connectivity index (χ2v) is 4.53. The number of hydrogen-bond acceptors (Lipinski definition) is 0. The van der Waals surface area contributed by atoms with Crippen molar-refractivity contribution in [2.24, 2.45) is 11.8 Å². The van der Waals surface area contributed by atoms with Crippen LogP contribution in [0, 0.1) is 11.8 Å². The van der Waals surface area contributed by atoms with Crippen molar-refractivity contribution in [1.82, 2.24) is 0 Å². The van der Waals surface area contributed by atoms with Gasteiger partial charge in [-0.05, 0) is 18.3 Å². The van der Waals surface area contributed by atoms with E-state index < -0.39 is 0 Å². The number of unbranched alkanes of at least 4 members (excludes halogenated alkanes) is 5. The molecule has 1 aliphatic rings. The van der Waals surface area contributed by atoms with Gasteiger partial charge in [-0.3, -0.25) is 0 Å². The zero-order valence-electron chi connectivity index (χ0n) is 8.81. The first-order valence-electron chi connectivity index (χ1n) is 5.84. The first-order chi connectivity index (χ1) is 5.84. The molecule has 0 nitrogen and oxygen atoms in total. The van der Waals surface area contributed by atoms with E-state index in [9.17, 15) is 0 Å². The van der Waals surface area contributed by atoms with Gasteiger partial charge in [-0.15, -0.1) is 0 Å². The van der Waals surface area contributed by atoms with Crippen molar-refractivity contribution in [2.75, 3.05) is 0 Å². The Bertz CT molecular complexity index is 107. The maximum atomic E-state index is 2.39. The van der Waals surface area contributed by atoms with E-state index in [0.29, 0.717) is 0 Å². The quantitative estimate of drug-likeness (QED) is 0.494. The summed E-state index contributed by atoms with van der Waals surface area (Å²) in [7, 11) is 0. The van der Waals surface area contributed by atoms with Gasteiger partial charge in [0.2, 0.25) is 0 Å². The van der Waals surface area contributed by atoms with Crippen molar-refractivity contribution in [1.29, 1.82) is 0 Å². The molecule has 2 atom stereocenters. The molecule has 0 aromatic rings. The fourth-order valence-corrected chi connectivity index (χ4v) is 1.99. The lowest BCUT2D eigenvalue weighted by Crippen LogP contribution is -1.82. The van der Waals surface area contributed by atoms with Crippen LogP contribution in [0.15, 0.2) is 0 Å². The minimum absolute atomic E-state index is 1.07. The van der Waals surface area contributed by atoms with Crippen molar-refractivity contribution < 1.29 is 0 Å². The predicted octanol–water partition coefficient (Wildman–Crippen LogP) is 4.39. The van der Waals surface area contributed by atoms with Crippen LogP contribution in [0.2, 0.25) is 0 Å². The second kappa shape index (κ2) is 5.61. The Morgan fingerprint density at radius 2 is 1.58 bits per heavy atom. The molecule has 0 N–H and O–H groups in total. The molecular formula is C12H24. The first kappa shape index (κ1) is 10.1. The SMILES string of the molecule is CCCCCCCC[C@H]1C[C@H]1C. The van der Waals surface area contributed by atoms with Crippen molar-refractivity contribution in [2.45, 2.75) is 65.2 Å². The van der Waals surface area contributed by atoms with Gasteiger partial charge in [0.05, 0.1) is 0 Å². The highest BCUT2D eigenvalue weighted by Gasteiger charge is 2.31. The zero-order chi connectivity index (χ0) is 8.81. The molecular weight excluding hydrogens is 144 g/mol. The third-order valence-corrected chi connectivity index (χ3v) is 3.20. The highest BCUT2D eigenvalue weighted by molar-refractivity contribution is 4.81. The van der Waals surface area contributed by atoms with Gasteiger partial charge in [0, 0.05) is 0 Å². The summed E-state index contributed by atoms with van der Waals surface area (Å²) in [6.07, 6.45) is 11.8. The molecule has 1 aliphatic carbocycles. The van der Waals surface area contributed by atoms with E-state index in [4.69, 9.17) is 0 Å². The Hall–Kier alpha value is 0. The summed E-state index contributed by atoms with van der Waals surface area (Å²) in [6, 6.07) is 0. The lowest BCUT2D eigenvalue weighted by molar-refractivity contribution is 0.555. The molecule has 0 unspecified atom stereocenters. The van der Waals surface area contributed by atoms with Crippen LogP contribution in [0.25, 0.3) is 0 Å². The lowest BCUT2D eigenvalue weighted by Gasteiger charge is -1.99. The highest BCUT2D eigenvalue weighted by Crippen LogP contribution is 2.41. The summed E-state index contributed by atoms with van der Waals surface area (Å²) in [4.78, 5) is 0. The van der Waals surface area contributed by atoms with Crippen LogP contribution in [-0.2, 0) is 0 Å². The van der Waals surface area contributed by atoms with Crippen LogP contribution in [-0.4, -0.2) is 0 Å². The topological polar surface area (TPSA) is 0 Å². The molecule has 0 aromatic heterocycles. The minimum atomic E-state index is 1.07. The maximum absolute atomic E-state index is 2.39. The molecule has 0 radical (unpaired) electrons. The van der Waals surface area contributed by atoms with Crippen LogP contribution in [0.4, 0.5) is 0 Å². The van der Waals surface area contributed by atoms with Gasteiger partial charge in [-0.1, -0.05) is 58.8 Å². The van der Waals surface area contributed by atoms with Crippen molar-refractivity contribution in [3.8, 4) is 0 Å². The molecule has 0 heterocycles. The second-order valence-electron chi connectivity index (χ2n) is 4.53. The minimum Gasteiger partial charge on any atom is -0.0654 e. The molecule has 0 saturated heterocycles. The predicted molar refractivity (Wildman–Crippen MR) is 55.3 cm³/mol. The largest absolute Gasteiger partial charge is 0.0654 e. The summed E-state index contributed by atoms with van der Waals surface area (Å²) in [6.45, 7) is 4.67. The zero-order valence-corrected chi connectivity index (χ0v) is 8.81. The Kier molecular flexibility index (Phi) is 4.72.